The normalized spacial score (nSPS) is 21.8. The molecule has 2 fully saturated rings. The number of benzene rings is 1. The molecule has 4 rings (SSSR count). The number of nitrogens with zero attached hydrogens (tertiary/aromatic N) is 3. The second-order valence-electron chi connectivity index (χ2n) is 8.66. The average molecular weight is 468 g/mol. The summed E-state index contributed by atoms with van der Waals surface area (Å²) in [5.41, 5.74) is 7.35. The van der Waals surface area contributed by atoms with Crippen LogP contribution in [0.25, 0.3) is 0 Å². The Morgan fingerprint density at radius 2 is 1.81 bits per heavy atom. The first-order chi connectivity index (χ1) is 14.2. The highest BCUT2D eigenvalue weighted by atomic mass is 35.5. The van der Waals surface area contributed by atoms with Gasteiger partial charge in [-0.05, 0) is 36.8 Å². The average Bonchev–Trinajstić information content (AvgIpc) is 3.36. The number of anilines is 1. The lowest BCUT2D eigenvalue weighted by Crippen LogP contribution is -2.33. The predicted octanol–water partition coefficient (Wildman–Crippen LogP) is 3.92. The van der Waals surface area contributed by atoms with E-state index in [1.54, 1.807) is 6.20 Å². The van der Waals surface area contributed by atoms with Crippen molar-refractivity contribution in [1.82, 2.24) is 14.7 Å². The van der Waals surface area contributed by atoms with Crippen LogP contribution < -0.4 is 11.1 Å². The molecule has 1 amide bonds. The van der Waals surface area contributed by atoms with Crippen LogP contribution >= 0.6 is 24.8 Å². The van der Waals surface area contributed by atoms with Gasteiger partial charge in [0.05, 0.1) is 12.7 Å². The molecule has 1 saturated heterocycles. The van der Waals surface area contributed by atoms with Crippen LogP contribution in [0, 0.1) is 11.8 Å². The van der Waals surface area contributed by atoms with Crippen LogP contribution in [0.4, 0.5) is 5.82 Å². The van der Waals surface area contributed by atoms with Gasteiger partial charge in [-0.2, -0.15) is 5.10 Å². The zero-order valence-electron chi connectivity index (χ0n) is 18.0. The number of carbonyl (C=O) groups is 1. The van der Waals surface area contributed by atoms with E-state index in [2.05, 4.69) is 39.6 Å². The van der Waals surface area contributed by atoms with E-state index in [0.717, 1.165) is 25.5 Å². The number of amides is 1. The summed E-state index contributed by atoms with van der Waals surface area (Å²) in [7, 11) is 0. The number of aromatic nitrogens is 2. The highest BCUT2D eigenvalue weighted by Gasteiger charge is 2.33. The molecule has 1 aromatic carbocycles. The summed E-state index contributed by atoms with van der Waals surface area (Å²) in [6.07, 6.45) is 8.29. The Hall–Kier alpha value is -1.60. The molecular formula is C23H35Cl2N5O. The summed E-state index contributed by atoms with van der Waals surface area (Å²) >= 11 is 0. The van der Waals surface area contributed by atoms with E-state index in [9.17, 15) is 4.79 Å². The molecule has 1 saturated carbocycles. The first kappa shape index (κ1) is 25.7. The van der Waals surface area contributed by atoms with Crippen LogP contribution in [-0.4, -0.2) is 46.8 Å². The van der Waals surface area contributed by atoms with Crippen molar-refractivity contribution in [2.24, 2.45) is 17.6 Å². The highest BCUT2D eigenvalue weighted by molar-refractivity contribution is 5.91. The van der Waals surface area contributed by atoms with Gasteiger partial charge in [-0.25, -0.2) is 4.68 Å². The van der Waals surface area contributed by atoms with Crippen LogP contribution in [0.15, 0.2) is 42.6 Å². The summed E-state index contributed by atoms with van der Waals surface area (Å²) in [6.45, 7) is 3.68. The topological polar surface area (TPSA) is 76.2 Å². The molecule has 0 radical (unpaired) electrons. The predicted molar refractivity (Wildman–Crippen MR) is 130 cm³/mol. The fourth-order valence-corrected chi connectivity index (χ4v) is 4.99. The number of hydrogen-bond acceptors (Lipinski definition) is 4. The van der Waals surface area contributed by atoms with Crippen molar-refractivity contribution in [3.8, 4) is 0 Å². The van der Waals surface area contributed by atoms with Gasteiger partial charge in [0, 0.05) is 31.6 Å². The van der Waals surface area contributed by atoms with Crippen LogP contribution in [-0.2, 0) is 11.3 Å². The zero-order valence-corrected chi connectivity index (χ0v) is 19.6. The van der Waals surface area contributed by atoms with Crippen LogP contribution in [0.1, 0.15) is 43.6 Å². The van der Waals surface area contributed by atoms with Crippen molar-refractivity contribution in [1.29, 1.82) is 0 Å². The van der Waals surface area contributed by atoms with Crippen molar-refractivity contribution in [3.05, 3.63) is 48.2 Å². The first-order valence-corrected chi connectivity index (χ1v) is 11.0. The zero-order chi connectivity index (χ0) is 20.1. The van der Waals surface area contributed by atoms with Gasteiger partial charge < -0.3 is 11.1 Å². The molecule has 2 atom stereocenters. The van der Waals surface area contributed by atoms with E-state index in [1.165, 1.54) is 37.7 Å². The summed E-state index contributed by atoms with van der Waals surface area (Å²) in [5.74, 6) is 2.30. The van der Waals surface area contributed by atoms with Gasteiger partial charge in [0.1, 0.15) is 5.82 Å². The molecule has 1 aliphatic carbocycles. The van der Waals surface area contributed by atoms with Crippen molar-refractivity contribution in [2.45, 2.75) is 44.6 Å². The lowest BCUT2D eigenvalue weighted by Gasteiger charge is -2.22. The Kier molecular flexibility index (Phi) is 10.3. The van der Waals surface area contributed by atoms with Crippen LogP contribution in [0.2, 0.25) is 0 Å². The van der Waals surface area contributed by atoms with E-state index < -0.39 is 0 Å². The van der Waals surface area contributed by atoms with E-state index in [4.69, 9.17) is 5.73 Å². The molecule has 0 unspecified atom stereocenters. The molecule has 0 spiro atoms. The van der Waals surface area contributed by atoms with Gasteiger partial charge >= 0.3 is 0 Å². The monoisotopic (exact) mass is 467 g/mol. The number of carbonyl (C=O) groups excluding carboxylic acids is 1. The summed E-state index contributed by atoms with van der Waals surface area (Å²) in [6, 6.07) is 12.4. The summed E-state index contributed by atoms with van der Waals surface area (Å²) < 4.78 is 1.97. The van der Waals surface area contributed by atoms with Gasteiger partial charge in [-0.15, -0.1) is 24.8 Å². The lowest BCUT2D eigenvalue weighted by atomic mass is 9.89. The molecule has 2 aromatic rings. The standard InChI is InChI=1S/C23H33N5O.2ClH/c24-13-20-15-27(16-21(20)19-9-5-2-6-10-19)17-23(29)26-22-11-12-25-28(22)14-18-7-3-1-4-8-18;;/h2,5-6,9-12,18,20-21H,1,3-4,7-8,13-17,24H2,(H,26,29);2*1H/t20-,21+;;/m1../s1. The fourth-order valence-electron chi connectivity index (χ4n) is 4.99. The lowest BCUT2D eigenvalue weighted by molar-refractivity contribution is -0.117. The van der Waals surface area contributed by atoms with Crippen molar-refractivity contribution >= 4 is 36.5 Å². The Balaban J connectivity index is 0.00000171. The molecule has 1 aliphatic heterocycles. The van der Waals surface area contributed by atoms with Crippen LogP contribution in [0.3, 0.4) is 0 Å². The fraction of sp³-hybridized carbons (Fsp3) is 0.565. The molecule has 1 aromatic heterocycles. The third-order valence-corrected chi connectivity index (χ3v) is 6.55. The maximum atomic E-state index is 12.7. The number of hydrogen-bond donors (Lipinski definition) is 2. The van der Waals surface area contributed by atoms with Crippen molar-refractivity contribution < 1.29 is 4.79 Å². The number of likely N-dealkylation sites (tertiary alicyclic amines) is 1. The smallest absolute Gasteiger partial charge is 0.239 e. The molecular weight excluding hydrogens is 433 g/mol. The molecule has 0 bridgehead atoms. The van der Waals surface area contributed by atoms with Gasteiger partial charge in [0.25, 0.3) is 0 Å². The number of nitrogens with two attached hydrogens (primary N) is 1. The third-order valence-electron chi connectivity index (χ3n) is 6.55. The molecule has 31 heavy (non-hydrogen) atoms. The number of nitrogens with one attached hydrogen (secondary N) is 1. The largest absolute Gasteiger partial charge is 0.330 e. The molecule has 6 nitrogen and oxygen atoms in total. The van der Waals surface area contributed by atoms with E-state index in [1.807, 2.05) is 16.8 Å². The molecule has 8 heteroatoms. The van der Waals surface area contributed by atoms with E-state index in [0.29, 0.717) is 30.8 Å². The Labute approximate surface area is 197 Å². The quantitative estimate of drug-likeness (QED) is 0.646. The Morgan fingerprint density at radius 1 is 1.06 bits per heavy atom. The minimum absolute atomic E-state index is 0. The number of halogens is 2. The second-order valence-corrected chi connectivity index (χ2v) is 8.66. The van der Waals surface area contributed by atoms with Crippen molar-refractivity contribution in [3.63, 3.8) is 0 Å². The second kappa shape index (κ2) is 12.4. The molecule has 3 N–H and O–H groups in total. The Morgan fingerprint density at radius 3 is 2.52 bits per heavy atom. The van der Waals surface area contributed by atoms with E-state index >= 15 is 0 Å². The maximum Gasteiger partial charge on any atom is 0.239 e. The summed E-state index contributed by atoms with van der Waals surface area (Å²) in [5, 5.41) is 7.53. The molecule has 2 aliphatic rings. The SMILES string of the molecule is Cl.Cl.NC[C@@H]1CN(CC(=O)Nc2ccnn2CC2CCCCC2)C[C@H]1c1ccccc1. The molecule has 2 heterocycles. The minimum Gasteiger partial charge on any atom is -0.330 e. The summed E-state index contributed by atoms with van der Waals surface area (Å²) in [4.78, 5) is 15.0. The maximum absolute atomic E-state index is 12.7. The molecule has 172 valence electrons. The van der Waals surface area contributed by atoms with E-state index in [-0.39, 0.29) is 30.7 Å². The van der Waals surface area contributed by atoms with Crippen LogP contribution in [0.5, 0.6) is 0 Å². The minimum atomic E-state index is 0. The van der Waals surface area contributed by atoms with Crippen molar-refractivity contribution in [2.75, 3.05) is 31.5 Å². The third kappa shape index (κ3) is 6.69. The van der Waals surface area contributed by atoms with Gasteiger partial charge in [0.2, 0.25) is 5.91 Å². The van der Waals surface area contributed by atoms with Gasteiger partial charge in [0.15, 0.2) is 0 Å². The number of rotatable bonds is 7. The first-order valence-electron chi connectivity index (χ1n) is 11.0. The van der Waals surface area contributed by atoms with Gasteiger partial charge in [-0.1, -0.05) is 49.6 Å². The highest BCUT2D eigenvalue weighted by Crippen LogP contribution is 2.32. The van der Waals surface area contributed by atoms with Gasteiger partial charge in [-0.3, -0.25) is 9.69 Å². The Bertz CT molecular complexity index is 794.